The molecule has 0 amide bonds. The number of carbonyl (C=O) groups excluding carboxylic acids is 1. The minimum absolute atomic E-state index is 0.130. The van der Waals surface area contributed by atoms with Gasteiger partial charge < -0.3 is 14.4 Å². The molecule has 6 heteroatoms. The number of thiazole rings is 1. The van der Waals surface area contributed by atoms with Crippen LogP contribution in [0.1, 0.15) is 42.7 Å². The number of rotatable bonds is 5. The lowest BCUT2D eigenvalue weighted by Gasteiger charge is -2.20. The first-order valence-corrected chi connectivity index (χ1v) is 8.49. The van der Waals surface area contributed by atoms with Gasteiger partial charge in [0.15, 0.2) is 5.13 Å². The first-order chi connectivity index (χ1) is 10.2. The van der Waals surface area contributed by atoms with Gasteiger partial charge in [-0.3, -0.25) is 4.79 Å². The normalized spacial score (nSPS) is 24.1. The molecule has 5 nitrogen and oxygen atoms in total. The predicted octanol–water partition coefficient (Wildman–Crippen LogP) is 2.35. The second-order valence-electron chi connectivity index (χ2n) is 5.66. The first-order valence-electron chi connectivity index (χ1n) is 7.68. The van der Waals surface area contributed by atoms with Crippen molar-refractivity contribution >= 4 is 22.4 Å². The Bertz CT molecular complexity index is 511. The monoisotopic (exact) mass is 310 g/mol. The second-order valence-corrected chi connectivity index (χ2v) is 6.73. The summed E-state index contributed by atoms with van der Waals surface area (Å²) in [5.74, 6) is -0.295. The van der Waals surface area contributed by atoms with Crippen LogP contribution in [0.25, 0.3) is 0 Å². The smallest absolute Gasteiger partial charge is 0.315 e. The fourth-order valence-electron chi connectivity index (χ4n) is 3.02. The average molecular weight is 310 g/mol. The maximum absolute atomic E-state index is 12.0. The van der Waals surface area contributed by atoms with Crippen LogP contribution in [0.2, 0.25) is 0 Å². The number of ether oxygens (including phenoxy) is 2. The third-order valence-electron chi connectivity index (χ3n) is 4.11. The fraction of sp³-hybridized carbons (Fsp3) is 0.733. The molecule has 0 bridgehead atoms. The molecule has 0 radical (unpaired) electrons. The molecular formula is C15H22N2O3S. The summed E-state index contributed by atoms with van der Waals surface area (Å²) in [6, 6.07) is 0. The van der Waals surface area contributed by atoms with Gasteiger partial charge in [-0.05, 0) is 32.6 Å². The minimum Gasteiger partial charge on any atom is -0.465 e. The van der Waals surface area contributed by atoms with Gasteiger partial charge >= 0.3 is 5.97 Å². The zero-order valence-corrected chi connectivity index (χ0v) is 13.4. The Labute approximate surface area is 129 Å². The molecule has 2 atom stereocenters. The van der Waals surface area contributed by atoms with Gasteiger partial charge in [0.25, 0.3) is 0 Å². The molecule has 2 heterocycles. The van der Waals surface area contributed by atoms with Crippen LogP contribution in [-0.4, -0.2) is 43.9 Å². The van der Waals surface area contributed by atoms with Gasteiger partial charge in [-0.2, -0.15) is 0 Å². The van der Waals surface area contributed by atoms with Crippen molar-refractivity contribution in [3.05, 3.63) is 10.6 Å². The van der Waals surface area contributed by atoms with Crippen molar-refractivity contribution in [2.24, 2.45) is 0 Å². The largest absolute Gasteiger partial charge is 0.465 e. The Morgan fingerprint density at radius 1 is 1.52 bits per heavy atom. The van der Waals surface area contributed by atoms with Crippen LogP contribution >= 0.6 is 11.3 Å². The molecule has 1 aliphatic carbocycles. The highest BCUT2D eigenvalue weighted by atomic mass is 32.1. The number of aryl methyl sites for hydroxylation is 1. The molecule has 0 saturated carbocycles. The lowest BCUT2D eigenvalue weighted by Crippen LogP contribution is -2.28. The number of likely N-dealkylation sites (N-methyl/N-ethyl adjacent to an activating group) is 1. The summed E-state index contributed by atoms with van der Waals surface area (Å²) in [7, 11) is 2.05. The van der Waals surface area contributed by atoms with Crippen molar-refractivity contribution in [3.8, 4) is 0 Å². The molecule has 21 heavy (non-hydrogen) atoms. The highest BCUT2D eigenvalue weighted by Gasteiger charge is 2.34. The molecule has 0 spiro atoms. The second kappa shape index (κ2) is 6.32. The number of fused-ring (bicyclic) bond motifs is 1. The van der Waals surface area contributed by atoms with Gasteiger partial charge in [-0.15, -0.1) is 11.3 Å². The molecule has 1 aromatic heterocycles. The highest BCUT2D eigenvalue weighted by molar-refractivity contribution is 7.15. The Kier molecular flexibility index (Phi) is 4.45. The maximum atomic E-state index is 12.0. The van der Waals surface area contributed by atoms with E-state index in [2.05, 4.69) is 11.9 Å². The maximum Gasteiger partial charge on any atom is 0.315 e. The highest BCUT2D eigenvalue weighted by Crippen LogP contribution is 2.40. The van der Waals surface area contributed by atoms with E-state index in [-0.39, 0.29) is 11.9 Å². The molecule has 1 fully saturated rings. The lowest BCUT2D eigenvalue weighted by molar-refractivity contribution is -0.145. The summed E-state index contributed by atoms with van der Waals surface area (Å²) in [4.78, 5) is 20.1. The van der Waals surface area contributed by atoms with Crippen molar-refractivity contribution in [3.63, 3.8) is 0 Å². The van der Waals surface area contributed by atoms with E-state index in [1.807, 2.05) is 6.92 Å². The summed E-state index contributed by atoms with van der Waals surface area (Å²) >= 11 is 1.70. The molecule has 0 N–H and O–H groups in total. The fourth-order valence-corrected chi connectivity index (χ4v) is 4.13. The van der Waals surface area contributed by atoms with Crippen LogP contribution in [0.4, 0.5) is 5.13 Å². The van der Waals surface area contributed by atoms with E-state index in [0.717, 1.165) is 49.7 Å². The van der Waals surface area contributed by atoms with Crippen LogP contribution < -0.4 is 4.90 Å². The van der Waals surface area contributed by atoms with E-state index in [1.165, 1.54) is 4.88 Å². The van der Waals surface area contributed by atoms with E-state index < -0.39 is 0 Å². The van der Waals surface area contributed by atoms with Crippen LogP contribution in [0.5, 0.6) is 0 Å². The first kappa shape index (κ1) is 14.8. The Balaban J connectivity index is 1.69. The zero-order valence-electron chi connectivity index (χ0n) is 12.6. The Hall–Kier alpha value is -1.14. The van der Waals surface area contributed by atoms with Crippen molar-refractivity contribution < 1.29 is 14.3 Å². The van der Waals surface area contributed by atoms with Gasteiger partial charge in [-0.25, -0.2) is 4.98 Å². The van der Waals surface area contributed by atoms with Crippen molar-refractivity contribution in [2.75, 3.05) is 31.7 Å². The van der Waals surface area contributed by atoms with Crippen LogP contribution in [0, 0.1) is 0 Å². The van der Waals surface area contributed by atoms with Crippen LogP contribution in [0.15, 0.2) is 0 Å². The zero-order chi connectivity index (χ0) is 14.8. The number of nitrogens with zero attached hydrogens (tertiary/aromatic N) is 2. The van der Waals surface area contributed by atoms with Gasteiger partial charge in [0.1, 0.15) is 5.92 Å². The van der Waals surface area contributed by atoms with Crippen molar-refractivity contribution in [1.29, 1.82) is 0 Å². The summed E-state index contributed by atoms with van der Waals surface area (Å²) in [5, 5.41) is 0.990. The molecule has 1 aromatic rings. The Morgan fingerprint density at radius 3 is 3.10 bits per heavy atom. The number of hydrogen-bond donors (Lipinski definition) is 0. The third kappa shape index (κ3) is 3.06. The number of hydrogen-bond acceptors (Lipinski definition) is 6. The molecule has 116 valence electrons. The van der Waals surface area contributed by atoms with Gasteiger partial charge in [0.2, 0.25) is 0 Å². The van der Waals surface area contributed by atoms with Gasteiger partial charge in [0.05, 0.1) is 18.4 Å². The molecule has 3 rings (SSSR count). The van der Waals surface area contributed by atoms with E-state index in [4.69, 9.17) is 14.5 Å². The van der Waals surface area contributed by atoms with E-state index in [9.17, 15) is 4.79 Å². The van der Waals surface area contributed by atoms with Gasteiger partial charge in [0, 0.05) is 25.1 Å². The summed E-state index contributed by atoms with van der Waals surface area (Å²) < 4.78 is 10.8. The molecular weight excluding hydrogens is 288 g/mol. The number of carbonyl (C=O) groups is 1. The molecule has 1 aliphatic heterocycles. The topological polar surface area (TPSA) is 51.7 Å². The minimum atomic E-state index is -0.166. The molecule has 1 saturated heterocycles. The predicted molar refractivity (Wildman–Crippen MR) is 82.1 cm³/mol. The van der Waals surface area contributed by atoms with E-state index in [0.29, 0.717) is 12.7 Å². The van der Waals surface area contributed by atoms with Crippen molar-refractivity contribution in [2.45, 2.75) is 44.6 Å². The van der Waals surface area contributed by atoms with Crippen LogP contribution in [-0.2, 0) is 20.7 Å². The molecule has 0 aromatic carbocycles. The molecule has 2 unspecified atom stereocenters. The Morgan fingerprint density at radius 2 is 2.38 bits per heavy atom. The summed E-state index contributed by atoms with van der Waals surface area (Å²) in [6.45, 7) is 4.02. The lowest BCUT2D eigenvalue weighted by atomic mass is 10.1. The SMILES string of the molecule is CCOC(=O)C1CCc2sc(N(C)CC3CCCO3)nc21. The summed E-state index contributed by atoms with van der Waals surface area (Å²) in [6.07, 6.45) is 4.36. The van der Waals surface area contributed by atoms with E-state index in [1.54, 1.807) is 11.3 Å². The standard InChI is InChI=1S/C15H22N2O3S/c1-3-19-14(18)11-6-7-12-13(11)16-15(21-12)17(2)9-10-5-4-8-20-10/h10-11H,3-9H2,1-2H3. The molecule has 2 aliphatic rings. The van der Waals surface area contributed by atoms with Crippen molar-refractivity contribution in [1.82, 2.24) is 4.98 Å². The number of aromatic nitrogens is 1. The quantitative estimate of drug-likeness (QED) is 0.781. The third-order valence-corrected chi connectivity index (χ3v) is 5.35. The average Bonchev–Trinajstić information content (AvgIpc) is 3.14. The van der Waals surface area contributed by atoms with Gasteiger partial charge in [-0.1, -0.05) is 0 Å². The number of anilines is 1. The summed E-state index contributed by atoms with van der Waals surface area (Å²) in [5.41, 5.74) is 0.938. The number of esters is 1. The van der Waals surface area contributed by atoms with Crippen LogP contribution in [0.3, 0.4) is 0 Å². The van der Waals surface area contributed by atoms with E-state index >= 15 is 0 Å².